The summed E-state index contributed by atoms with van der Waals surface area (Å²) in [4.78, 5) is 26.7. The van der Waals surface area contributed by atoms with Gasteiger partial charge in [0.2, 0.25) is 0 Å². The normalized spacial score (nSPS) is 14.7. The molecular formula is C26H22BrNO4S. The number of halogens is 1. The number of amides is 2. The fraction of sp³-hybridized carbons (Fsp3) is 0.154. The van der Waals surface area contributed by atoms with Crippen molar-refractivity contribution in [1.29, 1.82) is 0 Å². The lowest BCUT2D eigenvalue weighted by Gasteiger charge is -2.13. The molecule has 1 aliphatic rings. The Morgan fingerprint density at radius 2 is 1.73 bits per heavy atom. The topological polar surface area (TPSA) is 55.8 Å². The van der Waals surface area contributed by atoms with Crippen molar-refractivity contribution in [2.45, 2.75) is 13.5 Å². The van der Waals surface area contributed by atoms with Gasteiger partial charge >= 0.3 is 0 Å². The van der Waals surface area contributed by atoms with E-state index in [4.69, 9.17) is 9.47 Å². The predicted molar refractivity (Wildman–Crippen MR) is 134 cm³/mol. The van der Waals surface area contributed by atoms with Gasteiger partial charge in [0.1, 0.15) is 24.7 Å². The Morgan fingerprint density at radius 1 is 0.970 bits per heavy atom. The molecule has 1 heterocycles. The van der Waals surface area contributed by atoms with Gasteiger partial charge in [-0.1, -0.05) is 54.1 Å². The zero-order chi connectivity index (χ0) is 23.2. The fourth-order valence-electron chi connectivity index (χ4n) is 3.18. The van der Waals surface area contributed by atoms with Crippen molar-refractivity contribution in [2.75, 3.05) is 13.2 Å². The molecule has 0 bridgehead atoms. The first kappa shape index (κ1) is 23.1. The molecule has 0 N–H and O–H groups in total. The van der Waals surface area contributed by atoms with E-state index in [0.29, 0.717) is 23.0 Å². The Bertz CT molecular complexity index is 1180. The first-order valence-corrected chi connectivity index (χ1v) is 12.0. The van der Waals surface area contributed by atoms with E-state index < -0.39 is 0 Å². The van der Waals surface area contributed by atoms with Gasteiger partial charge in [-0.15, -0.1) is 0 Å². The largest absolute Gasteiger partial charge is 0.492 e. The SMILES string of the molecule is Cc1ccc(COc2ccc(/C=C3\SC(=O)N(CCOc4ccccc4)C3=O)cc2Br)cc1. The number of benzene rings is 3. The minimum absolute atomic E-state index is 0.201. The lowest BCUT2D eigenvalue weighted by molar-refractivity contribution is -0.123. The Kier molecular flexibility index (Phi) is 7.52. The van der Waals surface area contributed by atoms with Gasteiger partial charge in [0.15, 0.2) is 0 Å². The third kappa shape index (κ3) is 6.06. The number of para-hydroxylation sites is 1. The number of rotatable bonds is 8. The summed E-state index contributed by atoms with van der Waals surface area (Å²) in [6.45, 7) is 2.95. The highest BCUT2D eigenvalue weighted by molar-refractivity contribution is 9.10. The summed E-state index contributed by atoms with van der Waals surface area (Å²) in [5, 5.41) is -0.292. The maximum absolute atomic E-state index is 12.7. The van der Waals surface area contributed by atoms with Crippen molar-refractivity contribution < 1.29 is 19.1 Å². The van der Waals surface area contributed by atoms with Gasteiger partial charge in [-0.3, -0.25) is 14.5 Å². The third-order valence-corrected chi connectivity index (χ3v) is 6.50. The lowest BCUT2D eigenvalue weighted by atomic mass is 10.1. The van der Waals surface area contributed by atoms with Crippen LogP contribution in [0.25, 0.3) is 6.08 Å². The molecule has 33 heavy (non-hydrogen) atoms. The Hall–Kier alpha value is -3.03. The number of carbonyl (C=O) groups is 2. The molecule has 3 aromatic carbocycles. The molecule has 7 heteroatoms. The summed E-state index contributed by atoms with van der Waals surface area (Å²) in [6.07, 6.45) is 1.72. The quantitative estimate of drug-likeness (QED) is 0.317. The zero-order valence-electron chi connectivity index (χ0n) is 18.0. The van der Waals surface area contributed by atoms with Gasteiger partial charge in [-0.2, -0.15) is 0 Å². The number of ether oxygens (including phenoxy) is 2. The summed E-state index contributed by atoms with van der Waals surface area (Å²) in [5.41, 5.74) is 3.09. The summed E-state index contributed by atoms with van der Waals surface area (Å²) in [6, 6.07) is 23.1. The lowest BCUT2D eigenvalue weighted by Crippen LogP contribution is -2.32. The molecule has 2 amide bonds. The van der Waals surface area contributed by atoms with Gasteiger partial charge in [-0.25, -0.2) is 0 Å². The first-order chi connectivity index (χ1) is 16.0. The van der Waals surface area contributed by atoms with Crippen molar-refractivity contribution in [3.05, 3.63) is 98.9 Å². The summed E-state index contributed by atoms with van der Waals surface area (Å²) in [5.74, 6) is 1.10. The van der Waals surface area contributed by atoms with Crippen molar-refractivity contribution in [3.63, 3.8) is 0 Å². The molecular weight excluding hydrogens is 502 g/mol. The number of hydrogen-bond donors (Lipinski definition) is 0. The number of thioether (sulfide) groups is 1. The van der Waals surface area contributed by atoms with E-state index in [1.165, 1.54) is 10.5 Å². The van der Waals surface area contributed by atoms with Crippen molar-refractivity contribution in [3.8, 4) is 11.5 Å². The molecule has 0 atom stereocenters. The number of aryl methyl sites for hydroxylation is 1. The number of nitrogens with zero attached hydrogens (tertiary/aromatic N) is 1. The van der Waals surface area contributed by atoms with E-state index in [9.17, 15) is 9.59 Å². The highest BCUT2D eigenvalue weighted by Gasteiger charge is 2.34. The number of hydrogen-bond acceptors (Lipinski definition) is 5. The van der Waals surface area contributed by atoms with Crippen LogP contribution in [0.1, 0.15) is 16.7 Å². The van der Waals surface area contributed by atoms with Crippen LogP contribution in [-0.2, 0) is 11.4 Å². The molecule has 1 aliphatic heterocycles. The number of imide groups is 1. The Morgan fingerprint density at radius 3 is 2.45 bits per heavy atom. The summed E-state index contributed by atoms with van der Waals surface area (Å²) < 4.78 is 12.3. The van der Waals surface area contributed by atoms with Crippen LogP contribution >= 0.6 is 27.7 Å². The van der Waals surface area contributed by atoms with E-state index in [1.807, 2.05) is 67.6 Å². The van der Waals surface area contributed by atoms with Crippen LogP contribution in [0.2, 0.25) is 0 Å². The first-order valence-electron chi connectivity index (χ1n) is 10.4. The second-order valence-corrected chi connectivity index (χ2v) is 9.31. The van der Waals surface area contributed by atoms with Crippen molar-refractivity contribution in [2.24, 2.45) is 0 Å². The maximum atomic E-state index is 12.7. The van der Waals surface area contributed by atoms with Crippen molar-refractivity contribution in [1.82, 2.24) is 4.90 Å². The zero-order valence-corrected chi connectivity index (χ0v) is 20.4. The third-order valence-electron chi connectivity index (χ3n) is 4.97. The molecule has 1 fully saturated rings. The fourth-order valence-corrected chi connectivity index (χ4v) is 4.56. The van der Waals surface area contributed by atoms with E-state index in [1.54, 1.807) is 6.08 Å². The van der Waals surface area contributed by atoms with Gasteiger partial charge in [-0.05, 0) is 76.1 Å². The monoisotopic (exact) mass is 523 g/mol. The Labute approximate surface area is 205 Å². The number of carbonyl (C=O) groups excluding carboxylic acids is 2. The van der Waals surface area contributed by atoms with E-state index in [0.717, 1.165) is 27.4 Å². The molecule has 3 aromatic rings. The minimum atomic E-state index is -0.308. The van der Waals surface area contributed by atoms with Gasteiger partial charge in [0.25, 0.3) is 11.1 Å². The molecule has 0 saturated carbocycles. The molecule has 5 nitrogen and oxygen atoms in total. The molecule has 4 rings (SSSR count). The average molecular weight is 524 g/mol. The Balaban J connectivity index is 1.36. The molecule has 1 saturated heterocycles. The van der Waals surface area contributed by atoms with Crippen molar-refractivity contribution >= 4 is 44.9 Å². The van der Waals surface area contributed by atoms with Crippen LogP contribution < -0.4 is 9.47 Å². The summed E-state index contributed by atoms with van der Waals surface area (Å²) >= 11 is 4.48. The minimum Gasteiger partial charge on any atom is -0.492 e. The van der Waals surface area contributed by atoms with Crippen LogP contribution in [0.4, 0.5) is 4.79 Å². The van der Waals surface area contributed by atoms with Crippen LogP contribution in [0, 0.1) is 6.92 Å². The standard InChI is InChI=1S/C26H22BrNO4S/c1-18-7-9-19(10-8-18)17-32-23-12-11-20(15-22(23)27)16-24-25(29)28(26(30)33-24)13-14-31-21-5-3-2-4-6-21/h2-12,15-16H,13-14,17H2,1H3/b24-16-. The second-order valence-electron chi connectivity index (χ2n) is 7.46. The van der Waals surface area contributed by atoms with Crippen LogP contribution in [0.3, 0.4) is 0 Å². The molecule has 0 spiro atoms. The van der Waals surface area contributed by atoms with Gasteiger partial charge < -0.3 is 9.47 Å². The molecule has 0 aliphatic carbocycles. The highest BCUT2D eigenvalue weighted by Crippen LogP contribution is 2.34. The maximum Gasteiger partial charge on any atom is 0.293 e. The van der Waals surface area contributed by atoms with Crippen LogP contribution in [0.5, 0.6) is 11.5 Å². The molecule has 168 valence electrons. The van der Waals surface area contributed by atoms with E-state index in [2.05, 4.69) is 28.1 Å². The smallest absolute Gasteiger partial charge is 0.293 e. The van der Waals surface area contributed by atoms with E-state index >= 15 is 0 Å². The molecule has 0 radical (unpaired) electrons. The van der Waals surface area contributed by atoms with Crippen LogP contribution in [-0.4, -0.2) is 29.2 Å². The molecule has 0 aromatic heterocycles. The summed E-state index contributed by atoms with van der Waals surface area (Å²) in [7, 11) is 0. The van der Waals surface area contributed by atoms with E-state index in [-0.39, 0.29) is 24.3 Å². The van der Waals surface area contributed by atoms with Crippen LogP contribution in [0.15, 0.2) is 82.2 Å². The van der Waals surface area contributed by atoms with Gasteiger partial charge in [0, 0.05) is 0 Å². The second kappa shape index (κ2) is 10.7. The highest BCUT2D eigenvalue weighted by atomic mass is 79.9. The predicted octanol–water partition coefficient (Wildman–Crippen LogP) is 6.45. The molecule has 0 unspecified atom stereocenters. The average Bonchev–Trinajstić information content (AvgIpc) is 3.07. The van der Waals surface area contributed by atoms with Gasteiger partial charge in [0.05, 0.1) is 15.9 Å².